The van der Waals surface area contributed by atoms with Gasteiger partial charge in [-0.15, -0.1) is 10.2 Å². The van der Waals surface area contributed by atoms with E-state index in [4.69, 9.17) is 28.3 Å². The van der Waals surface area contributed by atoms with E-state index in [-0.39, 0.29) is 6.42 Å². The van der Waals surface area contributed by atoms with Gasteiger partial charge in [0, 0.05) is 46.5 Å². The average molecular weight is 458 g/mol. The van der Waals surface area contributed by atoms with Gasteiger partial charge in [0.1, 0.15) is 0 Å². The lowest BCUT2D eigenvalue weighted by Crippen LogP contribution is -2.04. The predicted molar refractivity (Wildman–Crippen MR) is 120 cm³/mol. The summed E-state index contributed by atoms with van der Waals surface area (Å²) in [5.74, 6) is -0.158. The van der Waals surface area contributed by atoms with Gasteiger partial charge < -0.3 is 9.67 Å². The van der Waals surface area contributed by atoms with E-state index in [1.54, 1.807) is 6.07 Å². The van der Waals surface area contributed by atoms with Crippen LogP contribution in [0.2, 0.25) is 10.0 Å². The number of carboxylic acid groups (broad SMARTS) is 1. The molecule has 0 bridgehead atoms. The van der Waals surface area contributed by atoms with Gasteiger partial charge in [-0.25, -0.2) is 0 Å². The Morgan fingerprint density at radius 2 is 1.90 bits per heavy atom. The lowest BCUT2D eigenvalue weighted by atomic mass is 10.1. The zero-order valence-electron chi connectivity index (χ0n) is 16.7. The van der Waals surface area contributed by atoms with Crippen LogP contribution >= 0.6 is 23.2 Å². The number of nitrogens with zero attached hydrogens (tertiary/aromatic N) is 5. The number of benzene rings is 2. The van der Waals surface area contributed by atoms with Crippen LogP contribution < -0.4 is 0 Å². The van der Waals surface area contributed by atoms with Gasteiger partial charge in [-0.3, -0.25) is 4.79 Å². The van der Waals surface area contributed by atoms with Gasteiger partial charge in [0.05, 0.1) is 6.54 Å². The molecule has 31 heavy (non-hydrogen) atoms. The minimum absolute atomic E-state index is 0.151. The molecule has 0 aliphatic carbocycles. The van der Waals surface area contributed by atoms with Crippen molar-refractivity contribution in [1.82, 2.24) is 24.8 Å². The molecule has 160 valence electrons. The molecular weight excluding hydrogens is 437 g/mol. The van der Waals surface area contributed by atoms with E-state index >= 15 is 0 Å². The summed E-state index contributed by atoms with van der Waals surface area (Å²) in [7, 11) is 0. The maximum absolute atomic E-state index is 10.6. The molecule has 1 N–H and O–H groups in total. The molecule has 2 heterocycles. The van der Waals surface area contributed by atoms with Crippen molar-refractivity contribution in [3.8, 4) is 0 Å². The summed E-state index contributed by atoms with van der Waals surface area (Å²) >= 11 is 12.4. The maximum atomic E-state index is 10.6. The van der Waals surface area contributed by atoms with Crippen molar-refractivity contribution in [2.24, 2.45) is 0 Å². The van der Waals surface area contributed by atoms with E-state index in [1.807, 2.05) is 24.3 Å². The van der Waals surface area contributed by atoms with E-state index < -0.39 is 5.97 Å². The molecule has 0 radical (unpaired) electrons. The van der Waals surface area contributed by atoms with Crippen molar-refractivity contribution < 1.29 is 9.90 Å². The van der Waals surface area contributed by atoms with Gasteiger partial charge in [-0.2, -0.15) is 4.80 Å². The number of unbranched alkanes of at least 4 members (excludes halogenated alkanes) is 1. The highest BCUT2D eigenvalue weighted by atomic mass is 35.5. The summed E-state index contributed by atoms with van der Waals surface area (Å²) in [4.78, 5) is 12.1. The average Bonchev–Trinajstić information content (AvgIpc) is 3.32. The first-order chi connectivity index (χ1) is 15.0. The fraction of sp³-hybridized carbons (Fsp3) is 0.273. The SMILES string of the molecule is O=C(O)CCCCn1nnc(Cc2cn(Cc3ccc(Cl)cc3Cl)c3ccccc23)n1. The Balaban J connectivity index is 1.52. The van der Waals surface area contributed by atoms with Crippen molar-refractivity contribution in [1.29, 1.82) is 0 Å². The molecule has 4 aromatic rings. The maximum Gasteiger partial charge on any atom is 0.303 e. The van der Waals surface area contributed by atoms with E-state index in [2.05, 4.69) is 38.3 Å². The summed E-state index contributed by atoms with van der Waals surface area (Å²) in [5, 5.41) is 23.8. The van der Waals surface area contributed by atoms with Crippen LogP contribution in [-0.4, -0.2) is 35.9 Å². The quantitative estimate of drug-likeness (QED) is 0.363. The highest BCUT2D eigenvalue weighted by Crippen LogP contribution is 2.27. The number of carboxylic acids is 1. The molecular formula is C22H21Cl2N5O2. The van der Waals surface area contributed by atoms with Gasteiger partial charge in [-0.1, -0.05) is 47.5 Å². The lowest BCUT2D eigenvalue weighted by molar-refractivity contribution is -0.137. The van der Waals surface area contributed by atoms with Gasteiger partial charge in [0.25, 0.3) is 0 Å². The van der Waals surface area contributed by atoms with Crippen molar-refractivity contribution >= 4 is 40.1 Å². The Morgan fingerprint density at radius 3 is 2.71 bits per heavy atom. The third kappa shape index (κ3) is 5.24. The van der Waals surface area contributed by atoms with Gasteiger partial charge in [-0.05, 0) is 47.4 Å². The van der Waals surface area contributed by atoms with Crippen LogP contribution in [0.5, 0.6) is 0 Å². The standard InChI is InChI=1S/C22H21Cl2N5O2/c23-17-9-8-15(19(24)12-17)13-28-14-16(18-5-1-2-6-20(18)28)11-21-25-27-29(26-21)10-4-3-7-22(30)31/h1-2,5-6,8-9,12,14H,3-4,7,10-11,13H2,(H,30,31). The van der Waals surface area contributed by atoms with Crippen LogP contribution in [-0.2, 0) is 24.3 Å². The number of tetrazole rings is 1. The summed E-state index contributed by atoms with van der Waals surface area (Å²) in [6, 6.07) is 13.7. The topological polar surface area (TPSA) is 85.8 Å². The number of carbonyl (C=O) groups is 1. The van der Waals surface area contributed by atoms with E-state index in [9.17, 15) is 4.79 Å². The molecule has 0 fully saturated rings. The van der Waals surface area contributed by atoms with Crippen molar-refractivity contribution in [2.75, 3.05) is 0 Å². The molecule has 0 atom stereocenters. The number of fused-ring (bicyclic) bond motifs is 1. The molecule has 2 aromatic carbocycles. The third-order valence-electron chi connectivity index (χ3n) is 5.07. The van der Waals surface area contributed by atoms with E-state index in [1.165, 1.54) is 4.80 Å². The van der Waals surface area contributed by atoms with Gasteiger partial charge in [0.2, 0.25) is 0 Å². The molecule has 4 rings (SSSR count). The Morgan fingerprint density at radius 1 is 1.06 bits per heavy atom. The second kappa shape index (κ2) is 9.49. The molecule has 0 unspecified atom stereocenters. The number of rotatable bonds is 9. The number of para-hydroxylation sites is 1. The van der Waals surface area contributed by atoms with Crippen molar-refractivity contribution in [3.05, 3.63) is 75.7 Å². The summed E-state index contributed by atoms with van der Waals surface area (Å²) in [6.45, 7) is 1.18. The Labute approximate surface area is 189 Å². The minimum atomic E-state index is -0.788. The van der Waals surface area contributed by atoms with Crippen molar-refractivity contribution in [3.63, 3.8) is 0 Å². The van der Waals surface area contributed by atoms with Crippen LogP contribution in [0.4, 0.5) is 0 Å². The van der Waals surface area contributed by atoms with E-state index in [0.29, 0.717) is 48.2 Å². The van der Waals surface area contributed by atoms with E-state index in [0.717, 1.165) is 22.0 Å². The second-order valence-electron chi connectivity index (χ2n) is 7.36. The molecule has 2 aromatic heterocycles. The third-order valence-corrected chi connectivity index (χ3v) is 5.66. The zero-order valence-corrected chi connectivity index (χ0v) is 18.2. The molecule has 9 heteroatoms. The predicted octanol–water partition coefficient (Wildman–Crippen LogP) is 4.83. The summed E-state index contributed by atoms with van der Waals surface area (Å²) in [6.07, 6.45) is 4.09. The largest absolute Gasteiger partial charge is 0.481 e. The molecule has 0 saturated carbocycles. The highest BCUT2D eigenvalue weighted by molar-refractivity contribution is 6.35. The van der Waals surface area contributed by atoms with Crippen LogP contribution in [0.1, 0.15) is 36.2 Å². The molecule has 0 aliphatic rings. The Bertz CT molecular complexity index is 1220. The number of hydrogen-bond acceptors (Lipinski definition) is 4. The van der Waals surface area contributed by atoms with Crippen LogP contribution in [0.3, 0.4) is 0 Å². The number of aliphatic carboxylic acids is 1. The number of halogens is 2. The zero-order chi connectivity index (χ0) is 21.8. The van der Waals surface area contributed by atoms with Crippen molar-refractivity contribution in [2.45, 2.75) is 38.8 Å². The smallest absolute Gasteiger partial charge is 0.303 e. The lowest BCUT2D eigenvalue weighted by Gasteiger charge is -2.08. The fourth-order valence-corrected chi connectivity index (χ4v) is 4.04. The Kier molecular flexibility index (Phi) is 6.53. The molecule has 0 spiro atoms. The van der Waals surface area contributed by atoms with Gasteiger partial charge >= 0.3 is 5.97 Å². The van der Waals surface area contributed by atoms with Gasteiger partial charge in [0.15, 0.2) is 5.82 Å². The van der Waals surface area contributed by atoms with Crippen LogP contribution in [0, 0.1) is 0 Å². The monoisotopic (exact) mass is 457 g/mol. The molecule has 7 nitrogen and oxygen atoms in total. The number of aryl methyl sites for hydroxylation is 1. The molecule has 0 aliphatic heterocycles. The van der Waals surface area contributed by atoms with Crippen LogP contribution in [0.15, 0.2) is 48.7 Å². The number of hydrogen-bond donors (Lipinski definition) is 1. The fourth-order valence-electron chi connectivity index (χ4n) is 3.57. The normalized spacial score (nSPS) is 11.3. The Hall–Kier alpha value is -2.90. The molecule has 0 amide bonds. The second-order valence-corrected chi connectivity index (χ2v) is 8.21. The first-order valence-electron chi connectivity index (χ1n) is 9.99. The summed E-state index contributed by atoms with van der Waals surface area (Å²) in [5.41, 5.74) is 3.19. The van der Waals surface area contributed by atoms with Crippen LogP contribution in [0.25, 0.3) is 10.9 Å². The summed E-state index contributed by atoms with van der Waals surface area (Å²) < 4.78 is 2.16. The number of aromatic nitrogens is 5. The highest BCUT2D eigenvalue weighted by Gasteiger charge is 2.13. The minimum Gasteiger partial charge on any atom is -0.481 e. The molecule has 0 saturated heterocycles. The first-order valence-corrected chi connectivity index (χ1v) is 10.7. The first kappa shape index (κ1) is 21.3.